The van der Waals surface area contributed by atoms with Crippen molar-refractivity contribution in [1.82, 2.24) is 19.9 Å². The summed E-state index contributed by atoms with van der Waals surface area (Å²) in [5.41, 5.74) is 9.93. The summed E-state index contributed by atoms with van der Waals surface area (Å²) in [6.07, 6.45) is 0. The maximum absolute atomic E-state index is 6.51. The van der Waals surface area contributed by atoms with Gasteiger partial charge in [-0.1, -0.05) is 146 Å². The topological polar surface area (TPSA) is 64.7 Å². The molecule has 3 heterocycles. The first-order valence-electron chi connectivity index (χ1n) is 19.9. The Morgan fingerprint density at radius 2 is 0.967 bits per heavy atom. The molecular weight excluding hydrogens is 753 g/mol. The Hall–Kier alpha value is -7.80. The van der Waals surface area contributed by atoms with Crippen LogP contribution < -0.4 is 0 Å². The van der Waals surface area contributed by atoms with Gasteiger partial charge in [-0.05, 0) is 92.3 Å². The third-order valence-electron chi connectivity index (χ3n) is 11.3. The highest BCUT2D eigenvalue weighted by molar-refractivity contribution is 7.26. The van der Waals surface area contributed by atoms with Crippen molar-refractivity contribution < 1.29 is 4.42 Å². The molecule has 12 aromatic rings. The molecule has 0 atom stereocenters. The van der Waals surface area contributed by atoms with Gasteiger partial charge in [0.15, 0.2) is 23.1 Å². The Labute approximate surface area is 348 Å². The van der Waals surface area contributed by atoms with E-state index in [0.29, 0.717) is 23.4 Å². The molecule has 0 saturated carbocycles. The summed E-state index contributed by atoms with van der Waals surface area (Å²) in [6.45, 7) is 0. The number of nitrogens with zero attached hydrogens (tertiary/aromatic N) is 4. The molecular formula is C54H32N4OS. The van der Waals surface area contributed by atoms with Crippen LogP contribution in [0.4, 0.5) is 0 Å². The number of rotatable bonds is 6. The number of aromatic nitrogens is 4. The summed E-state index contributed by atoms with van der Waals surface area (Å²) in [7, 11) is 0. The average molecular weight is 785 g/mol. The van der Waals surface area contributed by atoms with Crippen LogP contribution in [0.3, 0.4) is 0 Å². The van der Waals surface area contributed by atoms with Crippen LogP contribution in [0.15, 0.2) is 199 Å². The Morgan fingerprint density at radius 1 is 0.350 bits per heavy atom. The third-order valence-corrected chi connectivity index (χ3v) is 12.4. The van der Waals surface area contributed by atoms with E-state index in [4.69, 9.17) is 24.4 Å². The van der Waals surface area contributed by atoms with E-state index in [0.717, 1.165) is 76.3 Å². The molecule has 9 aromatic carbocycles. The summed E-state index contributed by atoms with van der Waals surface area (Å²) >= 11 is 1.78. The molecule has 60 heavy (non-hydrogen) atoms. The predicted octanol–water partition coefficient (Wildman–Crippen LogP) is 14.7. The van der Waals surface area contributed by atoms with E-state index >= 15 is 0 Å². The normalized spacial score (nSPS) is 11.7. The maximum atomic E-state index is 6.51. The third kappa shape index (κ3) is 5.93. The molecule has 0 aliphatic carbocycles. The fourth-order valence-corrected chi connectivity index (χ4v) is 9.52. The van der Waals surface area contributed by atoms with Gasteiger partial charge in [-0.15, -0.1) is 11.3 Å². The van der Waals surface area contributed by atoms with Gasteiger partial charge in [-0.25, -0.2) is 19.9 Å². The standard InChI is InChI=1S/C54H32N4OS/c1-3-12-33(13-4-1)35-22-25-37(26-23-35)54-55-46-32-49-45(31-47(46)59-54)50-43(20-11-21-48(50)60-49)44-30-41(29-39-18-9-10-19-42(39)44)53-57-51(36-15-5-2-6-16-36)56-52(58-53)40-27-24-34-14-7-8-17-38(34)28-40/h1-32H. The zero-order valence-electron chi connectivity index (χ0n) is 32.1. The van der Waals surface area contributed by atoms with Gasteiger partial charge in [-0.2, -0.15) is 0 Å². The molecule has 0 bridgehead atoms. The molecule has 12 rings (SSSR count). The molecule has 0 spiro atoms. The van der Waals surface area contributed by atoms with Crippen LogP contribution in [0, 0.1) is 0 Å². The summed E-state index contributed by atoms with van der Waals surface area (Å²) in [5.74, 6) is 2.50. The molecule has 0 aliphatic rings. The highest BCUT2D eigenvalue weighted by Gasteiger charge is 2.19. The predicted molar refractivity (Wildman–Crippen MR) is 248 cm³/mol. The van der Waals surface area contributed by atoms with E-state index in [2.05, 4.69) is 158 Å². The van der Waals surface area contributed by atoms with Crippen LogP contribution in [0.2, 0.25) is 0 Å². The lowest BCUT2D eigenvalue weighted by molar-refractivity contribution is 0.620. The fourth-order valence-electron chi connectivity index (χ4n) is 8.37. The van der Waals surface area contributed by atoms with Gasteiger partial charge in [0.2, 0.25) is 5.89 Å². The van der Waals surface area contributed by atoms with Crippen molar-refractivity contribution in [2.45, 2.75) is 0 Å². The summed E-state index contributed by atoms with van der Waals surface area (Å²) < 4.78 is 8.87. The van der Waals surface area contributed by atoms with Gasteiger partial charge in [0.05, 0.1) is 0 Å². The van der Waals surface area contributed by atoms with Gasteiger partial charge < -0.3 is 4.42 Å². The zero-order chi connectivity index (χ0) is 39.6. The second kappa shape index (κ2) is 13.9. The van der Waals surface area contributed by atoms with Crippen LogP contribution in [0.1, 0.15) is 0 Å². The molecule has 0 N–H and O–H groups in total. The largest absolute Gasteiger partial charge is 0.436 e. The molecule has 5 nitrogen and oxygen atoms in total. The van der Waals surface area contributed by atoms with Crippen molar-refractivity contribution in [3.05, 3.63) is 194 Å². The van der Waals surface area contributed by atoms with Crippen LogP contribution in [-0.2, 0) is 0 Å². The SMILES string of the molecule is c1ccc(-c2ccc(-c3nc4cc5sc6cccc(-c7cc(-c8nc(-c9ccccc9)nc(-c9ccc%10ccccc%10c9)n8)cc8ccccc78)c6c5cc4o3)cc2)cc1. The minimum atomic E-state index is 0.612. The number of hydrogen-bond acceptors (Lipinski definition) is 6. The molecule has 280 valence electrons. The van der Waals surface area contributed by atoms with Crippen molar-refractivity contribution >= 4 is 64.2 Å². The Balaban J connectivity index is 1.01. The first-order valence-corrected chi connectivity index (χ1v) is 20.8. The Bertz CT molecular complexity index is 3600. The monoisotopic (exact) mass is 784 g/mol. The first-order chi connectivity index (χ1) is 29.7. The molecule has 6 heteroatoms. The van der Waals surface area contributed by atoms with Crippen LogP contribution in [0.25, 0.3) is 121 Å². The molecule has 0 aliphatic heterocycles. The summed E-state index contributed by atoms with van der Waals surface area (Å²) in [6, 6.07) is 67.7. The minimum absolute atomic E-state index is 0.612. The van der Waals surface area contributed by atoms with Crippen LogP contribution in [-0.4, -0.2) is 19.9 Å². The Morgan fingerprint density at radius 3 is 1.77 bits per heavy atom. The van der Waals surface area contributed by atoms with Crippen molar-refractivity contribution in [2.75, 3.05) is 0 Å². The fraction of sp³-hybridized carbons (Fsp3) is 0. The second-order valence-corrected chi connectivity index (χ2v) is 16.1. The molecule has 0 fully saturated rings. The minimum Gasteiger partial charge on any atom is -0.436 e. The van der Waals surface area contributed by atoms with Gasteiger partial charge in [0.25, 0.3) is 0 Å². The van der Waals surface area contributed by atoms with Crippen LogP contribution in [0.5, 0.6) is 0 Å². The molecule has 0 saturated heterocycles. The molecule has 0 radical (unpaired) electrons. The summed E-state index contributed by atoms with van der Waals surface area (Å²) in [4.78, 5) is 20.4. The lowest BCUT2D eigenvalue weighted by atomic mass is 9.92. The first kappa shape index (κ1) is 34.3. The number of benzene rings is 9. The van der Waals surface area contributed by atoms with E-state index in [1.165, 1.54) is 21.0 Å². The van der Waals surface area contributed by atoms with Crippen molar-refractivity contribution in [3.63, 3.8) is 0 Å². The lowest BCUT2D eigenvalue weighted by Gasteiger charge is -2.13. The smallest absolute Gasteiger partial charge is 0.227 e. The summed E-state index contributed by atoms with van der Waals surface area (Å²) in [5, 5.41) is 6.90. The Kier molecular flexibility index (Phi) is 7.96. The highest BCUT2D eigenvalue weighted by Crippen LogP contribution is 2.45. The van der Waals surface area contributed by atoms with Crippen LogP contribution >= 0.6 is 11.3 Å². The van der Waals surface area contributed by atoms with E-state index in [-0.39, 0.29) is 0 Å². The molecule has 3 aromatic heterocycles. The maximum Gasteiger partial charge on any atom is 0.227 e. The quantitative estimate of drug-likeness (QED) is 0.168. The van der Waals surface area contributed by atoms with E-state index in [1.807, 2.05) is 36.4 Å². The number of oxazole rings is 1. The van der Waals surface area contributed by atoms with Crippen molar-refractivity contribution in [3.8, 4) is 67.9 Å². The van der Waals surface area contributed by atoms with Gasteiger partial charge in [-0.3, -0.25) is 0 Å². The van der Waals surface area contributed by atoms with Gasteiger partial charge in [0.1, 0.15) is 5.52 Å². The van der Waals surface area contributed by atoms with Crippen molar-refractivity contribution in [1.29, 1.82) is 0 Å². The van der Waals surface area contributed by atoms with Gasteiger partial charge in [0, 0.05) is 42.4 Å². The lowest BCUT2D eigenvalue weighted by Crippen LogP contribution is -2.00. The zero-order valence-corrected chi connectivity index (χ0v) is 32.9. The van der Waals surface area contributed by atoms with Gasteiger partial charge >= 0.3 is 0 Å². The number of hydrogen-bond donors (Lipinski definition) is 0. The number of thiophene rings is 1. The van der Waals surface area contributed by atoms with Crippen molar-refractivity contribution in [2.24, 2.45) is 0 Å². The average Bonchev–Trinajstić information content (AvgIpc) is 3.91. The van der Waals surface area contributed by atoms with E-state index in [1.54, 1.807) is 11.3 Å². The number of fused-ring (bicyclic) bond motifs is 6. The van der Waals surface area contributed by atoms with E-state index < -0.39 is 0 Å². The molecule has 0 unspecified atom stereocenters. The van der Waals surface area contributed by atoms with E-state index in [9.17, 15) is 0 Å². The molecule has 0 amide bonds. The second-order valence-electron chi connectivity index (χ2n) is 15.0. The highest BCUT2D eigenvalue weighted by atomic mass is 32.1.